The second-order valence-corrected chi connectivity index (χ2v) is 7.60. The van der Waals surface area contributed by atoms with Gasteiger partial charge in [-0.1, -0.05) is 28.9 Å². The van der Waals surface area contributed by atoms with E-state index in [1.165, 1.54) is 6.07 Å². The lowest BCUT2D eigenvalue weighted by molar-refractivity contribution is -0.155. The van der Waals surface area contributed by atoms with Crippen molar-refractivity contribution < 1.29 is 27.2 Å². The maximum absolute atomic E-state index is 12.6. The minimum Gasteiger partial charge on any atom is -0.491 e. The third-order valence-corrected chi connectivity index (χ3v) is 4.90. The zero-order chi connectivity index (χ0) is 22.0. The van der Waals surface area contributed by atoms with Gasteiger partial charge in [-0.25, -0.2) is 4.98 Å². The number of hydrogen-bond acceptors (Lipinski definition) is 5. The van der Waals surface area contributed by atoms with Crippen LogP contribution in [-0.2, 0) is 12.7 Å². The van der Waals surface area contributed by atoms with Crippen molar-refractivity contribution in [3.05, 3.63) is 64.6 Å². The van der Waals surface area contributed by atoms with Crippen molar-refractivity contribution in [2.45, 2.75) is 25.6 Å². The fourth-order valence-electron chi connectivity index (χ4n) is 2.79. The molecule has 1 aliphatic carbocycles. The third-order valence-electron chi connectivity index (χ3n) is 4.65. The van der Waals surface area contributed by atoms with Crippen LogP contribution in [0.15, 0.2) is 47.0 Å². The van der Waals surface area contributed by atoms with Gasteiger partial charge in [0.2, 0.25) is 5.76 Å². The van der Waals surface area contributed by atoms with Gasteiger partial charge in [0.15, 0.2) is 0 Å². The number of nitrogens with one attached hydrogen (secondary N) is 1. The van der Waals surface area contributed by atoms with E-state index in [2.05, 4.69) is 20.0 Å². The second kappa shape index (κ2) is 8.58. The first-order valence-corrected chi connectivity index (χ1v) is 9.88. The Morgan fingerprint density at radius 1 is 1.19 bits per heavy atom. The van der Waals surface area contributed by atoms with Gasteiger partial charge in [-0.3, -0.25) is 4.79 Å². The van der Waals surface area contributed by atoms with Crippen molar-refractivity contribution >= 4 is 17.5 Å². The molecular formula is C21H17ClF3N3O3. The highest BCUT2D eigenvalue weighted by Gasteiger charge is 2.36. The lowest BCUT2D eigenvalue weighted by Gasteiger charge is -2.12. The van der Waals surface area contributed by atoms with Crippen molar-refractivity contribution in [1.29, 1.82) is 0 Å². The number of halogens is 4. The van der Waals surface area contributed by atoms with Gasteiger partial charge in [-0.15, -0.1) is 0 Å². The Morgan fingerprint density at radius 2 is 1.94 bits per heavy atom. The standard InChI is InChI=1S/C21H17ClF3N3O3/c22-14-5-3-13(4-6-14)19-17(30-11-12-1-2-12)8-7-16(27-19)20(29)26-10-15-9-18(31-28-15)21(23,24)25/h3-9,12H,1-2,10-11H2,(H,26,29). The maximum Gasteiger partial charge on any atom is 0.452 e. The number of rotatable bonds is 7. The number of ether oxygens (including phenoxy) is 1. The van der Waals surface area contributed by atoms with Gasteiger partial charge < -0.3 is 14.6 Å². The van der Waals surface area contributed by atoms with Gasteiger partial charge in [0.1, 0.15) is 22.8 Å². The third kappa shape index (κ3) is 5.35. The first-order valence-electron chi connectivity index (χ1n) is 9.50. The predicted molar refractivity (Wildman–Crippen MR) is 106 cm³/mol. The van der Waals surface area contributed by atoms with Crippen LogP contribution in [-0.4, -0.2) is 22.7 Å². The number of amides is 1. The van der Waals surface area contributed by atoms with Crippen LogP contribution in [0.3, 0.4) is 0 Å². The zero-order valence-corrected chi connectivity index (χ0v) is 16.8. The molecule has 6 nitrogen and oxygen atoms in total. The smallest absolute Gasteiger partial charge is 0.452 e. The Kier molecular flexibility index (Phi) is 5.86. The normalized spacial score (nSPS) is 13.8. The Hall–Kier alpha value is -3.07. The van der Waals surface area contributed by atoms with Crippen LogP contribution >= 0.6 is 11.6 Å². The SMILES string of the molecule is O=C(NCc1cc(C(F)(F)F)on1)c1ccc(OCC2CC2)c(-c2ccc(Cl)cc2)n1. The molecule has 3 aromatic rings. The van der Waals surface area contributed by atoms with Crippen LogP contribution in [0.1, 0.15) is 34.8 Å². The lowest BCUT2D eigenvalue weighted by atomic mass is 10.1. The van der Waals surface area contributed by atoms with E-state index in [-0.39, 0.29) is 17.9 Å². The summed E-state index contributed by atoms with van der Waals surface area (Å²) in [6.45, 7) is 0.331. The van der Waals surface area contributed by atoms with Gasteiger partial charge in [0, 0.05) is 16.7 Å². The summed E-state index contributed by atoms with van der Waals surface area (Å²) in [5.41, 5.74) is 1.23. The minimum atomic E-state index is -4.64. The molecule has 0 spiro atoms. The molecule has 1 N–H and O–H groups in total. The van der Waals surface area contributed by atoms with Gasteiger partial charge in [0.25, 0.3) is 5.91 Å². The van der Waals surface area contributed by atoms with Gasteiger partial charge in [-0.05, 0) is 43.0 Å². The summed E-state index contributed by atoms with van der Waals surface area (Å²) in [4.78, 5) is 17.0. The second-order valence-electron chi connectivity index (χ2n) is 7.17. The predicted octanol–water partition coefficient (Wildman–Crippen LogP) is 5.13. The molecular weight excluding hydrogens is 435 g/mol. The summed E-state index contributed by atoms with van der Waals surface area (Å²) < 4.78 is 47.9. The fourth-order valence-corrected chi connectivity index (χ4v) is 2.91. The monoisotopic (exact) mass is 451 g/mol. The van der Waals surface area contributed by atoms with E-state index in [1.54, 1.807) is 30.3 Å². The minimum absolute atomic E-state index is 0.0528. The average Bonchev–Trinajstić information content (AvgIpc) is 3.44. The highest BCUT2D eigenvalue weighted by Crippen LogP contribution is 2.33. The molecule has 0 bridgehead atoms. The summed E-state index contributed by atoms with van der Waals surface area (Å²) >= 11 is 5.96. The number of pyridine rings is 1. The van der Waals surface area contributed by atoms with Crippen molar-refractivity contribution in [2.24, 2.45) is 5.92 Å². The molecule has 1 aliphatic rings. The van der Waals surface area contributed by atoms with Crippen molar-refractivity contribution in [2.75, 3.05) is 6.61 Å². The van der Waals surface area contributed by atoms with E-state index in [4.69, 9.17) is 16.3 Å². The average molecular weight is 452 g/mol. The van der Waals surface area contributed by atoms with Crippen molar-refractivity contribution in [3.8, 4) is 17.0 Å². The number of carbonyl (C=O) groups excluding carboxylic acids is 1. The van der Waals surface area contributed by atoms with Crippen LogP contribution in [0.25, 0.3) is 11.3 Å². The van der Waals surface area contributed by atoms with E-state index in [9.17, 15) is 18.0 Å². The van der Waals surface area contributed by atoms with E-state index < -0.39 is 17.8 Å². The molecule has 2 heterocycles. The molecule has 1 amide bonds. The van der Waals surface area contributed by atoms with Crippen LogP contribution in [0.4, 0.5) is 13.2 Å². The molecule has 0 saturated heterocycles. The lowest BCUT2D eigenvalue weighted by Crippen LogP contribution is -2.24. The summed E-state index contributed by atoms with van der Waals surface area (Å²) in [5, 5.41) is 6.37. The first-order chi connectivity index (χ1) is 14.8. The number of alkyl halides is 3. The Labute approximate surface area is 180 Å². The molecule has 0 aliphatic heterocycles. The van der Waals surface area contributed by atoms with Crippen LogP contribution in [0.2, 0.25) is 5.02 Å². The van der Waals surface area contributed by atoms with E-state index >= 15 is 0 Å². The van der Waals surface area contributed by atoms with Crippen LogP contribution in [0, 0.1) is 5.92 Å². The largest absolute Gasteiger partial charge is 0.491 e. The van der Waals surface area contributed by atoms with Crippen molar-refractivity contribution in [3.63, 3.8) is 0 Å². The van der Waals surface area contributed by atoms with E-state index in [0.29, 0.717) is 29.0 Å². The number of aromatic nitrogens is 2. The Bertz CT molecular complexity index is 1080. The van der Waals surface area contributed by atoms with E-state index in [1.807, 2.05) is 0 Å². The summed E-state index contributed by atoms with van der Waals surface area (Å²) in [5.74, 6) is -0.722. The molecule has 2 aromatic heterocycles. The topological polar surface area (TPSA) is 77.2 Å². The number of carbonyl (C=O) groups is 1. The van der Waals surface area contributed by atoms with Gasteiger partial charge >= 0.3 is 6.18 Å². The maximum atomic E-state index is 12.6. The Balaban J connectivity index is 1.51. The fraction of sp³-hybridized carbons (Fsp3) is 0.286. The van der Waals surface area contributed by atoms with Crippen LogP contribution < -0.4 is 10.1 Å². The summed E-state index contributed by atoms with van der Waals surface area (Å²) in [6.07, 6.45) is -2.38. The molecule has 10 heteroatoms. The number of benzene rings is 1. The molecule has 162 valence electrons. The zero-order valence-electron chi connectivity index (χ0n) is 16.1. The molecule has 0 atom stereocenters. The van der Waals surface area contributed by atoms with Crippen molar-refractivity contribution in [1.82, 2.24) is 15.5 Å². The molecule has 0 unspecified atom stereocenters. The highest BCUT2D eigenvalue weighted by atomic mass is 35.5. The van der Waals surface area contributed by atoms with Gasteiger partial charge in [0.05, 0.1) is 13.2 Å². The summed E-state index contributed by atoms with van der Waals surface area (Å²) in [7, 11) is 0. The molecule has 0 radical (unpaired) electrons. The molecule has 31 heavy (non-hydrogen) atoms. The quantitative estimate of drug-likeness (QED) is 0.539. The van der Waals surface area contributed by atoms with Crippen LogP contribution in [0.5, 0.6) is 5.75 Å². The molecule has 1 saturated carbocycles. The molecule has 4 rings (SSSR count). The highest BCUT2D eigenvalue weighted by molar-refractivity contribution is 6.30. The first kappa shape index (κ1) is 21.2. The molecule has 1 fully saturated rings. The Morgan fingerprint density at radius 3 is 2.58 bits per heavy atom. The number of hydrogen-bond donors (Lipinski definition) is 1. The summed E-state index contributed by atoms with van der Waals surface area (Å²) in [6, 6.07) is 10.8. The van der Waals surface area contributed by atoms with E-state index in [0.717, 1.165) is 24.5 Å². The number of nitrogens with zero attached hydrogens (tertiary/aromatic N) is 2. The van der Waals surface area contributed by atoms with Gasteiger partial charge in [-0.2, -0.15) is 13.2 Å². The molecule has 1 aromatic carbocycles.